The number of hydrogen-bond donors (Lipinski definition) is 3. The van der Waals surface area contributed by atoms with E-state index >= 15 is 0 Å². The summed E-state index contributed by atoms with van der Waals surface area (Å²) < 4.78 is 14.6. The predicted molar refractivity (Wildman–Crippen MR) is 92.0 cm³/mol. The van der Waals surface area contributed by atoms with Gasteiger partial charge in [0.05, 0.1) is 17.5 Å². The van der Waals surface area contributed by atoms with Crippen LogP contribution in [0.2, 0.25) is 0 Å². The molecule has 0 aliphatic heterocycles. The van der Waals surface area contributed by atoms with Crippen LogP contribution < -0.4 is 10.6 Å². The van der Waals surface area contributed by atoms with E-state index < -0.39 is 0 Å². The third kappa shape index (κ3) is 4.79. The van der Waals surface area contributed by atoms with E-state index in [0.29, 0.717) is 19.5 Å². The van der Waals surface area contributed by atoms with E-state index in [4.69, 9.17) is 0 Å². The zero-order chi connectivity index (χ0) is 17.6. The van der Waals surface area contributed by atoms with Crippen molar-refractivity contribution < 1.29 is 14.3 Å². The monoisotopic (exact) mass is 346 g/mol. The van der Waals surface area contributed by atoms with Gasteiger partial charge in [0, 0.05) is 31.6 Å². The minimum atomic E-state index is -0.296. The average molecular weight is 346 g/mol. The smallest absolute Gasteiger partial charge is 0.314 e. The lowest BCUT2D eigenvalue weighted by atomic mass is 10.1. The Morgan fingerprint density at radius 1 is 1.24 bits per heavy atom. The number of carbonyl (C=O) groups is 1. The van der Waals surface area contributed by atoms with Crippen molar-refractivity contribution in [2.45, 2.75) is 31.8 Å². The number of nitrogens with zero attached hydrogens (tertiary/aromatic N) is 2. The molecule has 0 saturated heterocycles. The Bertz CT molecular complexity index is 701. The van der Waals surface area contributed by atoms with E-state index in [9.17, 15) is 14.3 Å². The largest absolute Gasteiger partial charge is 0.393 e. The van der Waals surface area contributed by atoms with E-state index in [2.05, 4.69) is 15.7 Å². The van der Waals surface area contributed by atoms with Gasteiger partial charge in [0.15, 0.2) is 0 Å². The Morgan fingerprint density at radius 3 is 2.76 bits per heavy atom. The van der Waals surface area contributed by atoms with Crippen molar-refractivity contribution in [2.75, 3.05) is 13.1 Å². The Hall–Kier alpha value is -2.41. The topological polar surface area (TPSA) is 79.2 Å². The molecule has 1 aromatic carbocycles. The highest BCUT2D eigenvalue weighted by atomic mass is 19.1. The molecule has 1 aliphatic rings. The Kier molecular flexibility index (Phi) is 5.65. The first kappa shape index (κ1) is 17.4. The minimum absolute atomic E-state index is 0.164. The first-order valence-electron chi connectivity index (χ1n) is 8.62. The van der Waals surface area contributed by atoms with E-state index in [0.717, 1.165) is 30.6 Å². The van der Waals surface area contributed by atoms with E-state index in [1.165, 1.54) is 12.1 Å². The first-order chi connectivity index (χ1) is 12.1. The number of hydrogen-bond acceptors (Lipinski definition) is 3. The molecule has 2 aromatic rings. The van der Waals surface area contributed by atoms with Gasteiger partial charge in [-0.15, -0.1) is 0 Å². The summed E-state index contributed by atoms with van der Waals surface area (Å²) in [6, 6.07) is 7.76. The van der Waals surface area contributed by atoms with Crippen LogP contribution in [0.5, 0.6) is 0 Å². The van der Waals surface area contributed by atoms with Gasteiger partial charge in [-0.25, -0.2) is 13.9 Å². The molecule has 2 atom stereocenters. The van der Waals surface area contributed by atoms with Crippen molar-refractivity contribution in [3.05, 3.63) is 48.0 Å². The highest BCUT2D eigenvalue weighted by Gasteiger charge is 2.25. The summed E-state index contributed by atoms with van der Waals surface area (Å²) >= 11 is 0. The number of aliphatic hydroxyl groups is 1. The fourth-order valence-electron chi connectivity index (χ4n) is 3.08. The summed E-state index contributed by atoms with van der Waals surface area (Å²) in [7, 11) is 0. The van der Waals surface area contributed by atoms with Crippen LogP contribution in [-0.4, -0.2) is 40.1 Å². The zero-order valence-electron chi connectivity index (χ0n) is 14.0. The minimum Gasteiger partial charge on any atom is -0.393 e. The van der Waals surface area contributed by atoms with Crippen LogP contribution in [0.1, 0.15) is 25.0 Å². The van der Waals surface area contributed by atoms with Gasteiger partial charge >= 0.3 is 6.03 Å². The Labute approximate surface area is 146 Å². The van der Waals surface area contributed by atoms with Crippen molar-refractivity contribution >= 4 is 6.03 Å². The van der Waals surface area contributed by atoms with Gasteiger partial charge in [0.1, 0.15) is 5.82 Å². The lowest BCUT2D eigenvalue weighted by molar-refractivity contribution is 0.132. The summed E-state index contributed by atoms with van der Waals surface area (Å²) in [6.07, 6.45) is 4.92. The quantitative estimate of drug-likeness (QED) is 0.749. The normalized spacial score (nSPS) is 19.8. The maximum absolute atomic E-state index is 12.9. The second-order valence-corrected chi connectivity index (χ2v) is 6.37. The van der Waals surface area contributed by atoms with E-state index in [1.54, 1.807) is 16.8 Å². The van der Waals surface area contributed by atoms with Crippen molar-refractivity contribution in [3.8, 4) is 5.69 Å². The summed E-state index contributed by atoms with van der Waals surface area (Å²) in [4.78, 5) is 11.8. The predicted octanol–water partition coefficient (Wildman–Crippen LogP) is 2.01. The summed E-state index contributed by atoms with van der Waals surface area (Å²) in [6.45, 7) is 0.978. The van der Waals surface area contributed by atoms with Crippen LogP contribution in [-0.2, 0) is 6.42 Å². The van der Waals surface area contributed by atoms with Crippen LogP contribution in [0, 0.1) is 11.7 Å². The fraction of sp³-hybridized carbons (Fsp3) is 0.444. The maximum Gasteiger partial charge on any atom is 0.314 e. The summed E-state index contributed by atoms with van der Waals surface area (Å²) in [5.41, 5.74) is 1.63. The number of aliphatic hydroxyl groups excluding tert-OH is 1. The number of carbonyl (C=O) groups excluding carboxylic acids is 1. The molecule has 25 heavy (non-hydrogen) atoms. The first-order valence-corrected chi connectivity index (χ1v) is 8.62. The molecule has 0 spiro atoms. The molecule has 1 saturated carbocycles. The van der Waals surface area contributed by atoms with Gasteiger partial charge < -0.3 is 15.7 Å². The van der Waals surface area contributed by atoms with Gasteiger partial charge in [-0.1, -0.05) is 6.42 Å². The molecule has 1 aromatic heterocycles. The summed E-state index contributed by atoms with van der Waals surface area (Å²) in [5, 5.41) is 19.8. The number of nitrogens with one attached hydrogen (secondary N) is 2. The van der Waals surface area contributed by atoms with Crippen LogP contribution in [0.4, 0.5) is 9.18 Å². The Balaban J connectivity index is 1.40. The standard InChI is InChI=1S/C18H23FN4O2/c19-14-4-6-16(7-5-14)23-11-9-15(22-23)8-10-20-18(25)21-12-13-2-1-3-17(13)24/h4-7,9,11,13,17,24H,1-3,8,10,12H2,(H2,20,21,25)/t13-,17+/m0/s1. The molecule has 2 amide bonds. The number of aromatic nitrogens is 2. The van der Waals surface area contributed by atoms with Gasteiger partial charge in [-0.3, -0.25) is 0 Å². The highest BCUT2D eigenvalue weighted by Crippen LogP contribution is 2.24. The third-order valence-corrected chi connectivity index (χ3v) is 4.55. The molecular weight excluding hydrogens is 323 g/mol. The number of rotatable bonds is 6. The van der Waals surface area contributed by atoms with Crippen molar-refractivity contribution in [3.63, 3.8) is 0 Å². The third-order valence-electron chi connectivity index (χ3n) is 4.55. The molecule has 134 valence electrons. The van der Waals surface area contributed by atoms with Gasteiger partial charge in [-0.05, 0) is 43.2 Å². The van der Waals surface area contributed by atoms with Gasteiger partial charge in [0.25, 0.3) is 0 Å². The second kappa shape index (κ2) is 8.11. The van der Waals surface area contributed by atoms with Gasteiger partial charge in [-0.2, -0.15) is 5.10 Å². The molecule has 0 radical (unpaired) electrons. The van der Waals surface area contributed by atoms with E-state index in [1.807, 2.05) is 12.3 Å². The second-order valence-electron chi connectivity index (χ2n) is 6.37. The number of urea groups is 1. The van der Waals surface area contributed by atoms with Crippen molar-refractivity contribution in [2.24, 2.45) is 5.92 Å². The number of amides is 2. The lowest BCUT2D eigenvalue weighted by Crippen LogP contribution is -2.40. The number of benzene rings is 1. The van der Waals surface area contributed by atoms with Crippen molar-refractivity contribution in [1.29, 1.82) is 0 Å². The maximum atomic E-state index is 12.9. The molecular formula is C18H23FN4O2. The van der Waals surface area contributed by atoms with Crippen LogP contribution in [0.15, 0.2) is 36.5 Å². The molecule has 1 aliphatic carbocycles. The average Bonchev–Trinajstić information content (AvgIpc) is 3.23. The van der Waals surface area contributed by atoms with Gasteiger partial charge in [0.2, 0.25) is 0 Å². The van der Waals surface area contributed by atoms with Crippen LogP contribution in [0.3, 0.4) is 0 Å². The SMILES string of the molecule is O=C(NCCc1ccn(-c2ccc(F)cc2)n1)NC[C@@H]1CCC[C@H]1O. The lowest BCUT2D eigenvalue weighted by Gasteiger charge is -2.15. The zero-order valence-corrected chi connectivity index (χ0v) is 14.0. The van der Waals surface area contributed by atoms with Crippen LogP contribution >= 0.6 is 0 Å². The fourth-order valence-corrected chi connectivity index (χ4v) is 3.08. The molecule has 6 nitrogen and oxygen atoms in total. The van der Waals surface area contributed by atoms with Crippen molar-refractivity contribution in [1.82, 2.24) is 20.4 Å². The molecule has 7 heteroatoms. The molecule has 3 rings (SSSR count). The molecule has 1 heterocycles. The van der Waals surface area contributed by atoms with E-state index in [-0.39, 0.29) is 23.9 Å². The number of halogens is 1. The Morgan fingerprint density at radius 2 is 2.04 bits per heavy atom. The molecule has 0 unspecified atom stereocenters. The highest BCUT2D eigenvalue weighted by molar-refractivity contribution is 5.73. The molecule has 1 fully saturated rings. The summed E-state index contributed by atoms with van der Waals surface area (Å²) in [5.74, 6) is -0.117. The molecule has 3 N–H and O–H groups in total. The molecule has 0 bridgehead atoms. The van der Waals surface area contributed by atoms with Crippen LogP contribution in [0.25, 0.3) is 5.69 Å².